The molecule has 0 bridgehead atoms. The van der Waals surface area contributed by atoms with Crippen LogP contribution in [0.1, 0.15) is 0 Å². The zero-order valence-corrected chi connectivity index (χ0v) is 4.10. The first-order valence-corrected chi connectivity index (χ1v) is 2.37. The van der Waals surface area contributed by atoms with E-state index in [0.29, 0.717) is 4.12 Å². The summed E-state index contributed by atoms with van der Waals surface area (Å²) in [7, 11) is 0. The van der Waals surface area contributed by atoms with Crippen LogP contribution in [0.4, 0.5) is 0 Å². The third kappa shape index (κ3) is 0.614. The molecule has 5 heteroatoms. The van der Waals surface area contributed by atoms with Gasteiger partial charge in [-0.15, -0.1) is 0 Å². The van der Waals surface area contributed by atoms with Crippen LogP contribution in [0.15, 0.2) is 11.0 Å². The molecular formula is C2H3N2O2S+. The maximum Gasteiger partial charge on any atom is 0.424 e. The van der Waals surface area contributed by atoms with Gasteiger partial charge in [-0.2, -0.15) is 4.37 Å². The SMILES string of the molecule is O=c1c[nH+]sn1O. The molecule has 0 aliphatic rings. The molecule has 0 radical (unpaired) electrons. The maximum atomic E-state index is 10.1. The third-order valence-corrected chi connectivity index (χ3v) is 1.09. The van der Waals surface area contributed by atoms with Gasteiger partial charge < -0.3 is 5.21 Å². The Morgan fingerprint density at radius 1 is 2.00 bits per heavy atom. The molecule has 0 aromatic carbocycles. The zero-order chi connectivity index (χ0) is 5.28. The number of H-pyrrole nitrogens is 1. The van der Waals surface area contributed by atoms with Crippen molar-refractivity contribution in [3.8, 4) is 0 Å². The molecule has 7 heavy (non-hydrogen) atoms. The number of aromatic amines is 1. The van der Waals surface area contributed by atoms with Gasteiger partial charge in [-0.25, -0.2) is 4.79 Å². The first-order valence-electron chi connectivity index (χ1n) is 1.59. The average molecular weight is 119 g/mol. The van der Waals surface area contributed by atoms with E-state index < -0.39 is 5.56 Å². The Morgan fingerprint density at radius 2 is 2.71 bits per heavy atom. The molecule has 2 N–H and O–H groups in total. The lowest BCUT2D eigenvalue weighted by atomic mass is 10.9. The lowest BCUT2D eigenvalue weighted by Crippen LogP contribution is -2.07. The topological polar surface area (TPSA) is 56.4 Å². The highest BCUT2D eigenvalue weighted by atomic mass is 32.1. The number of rotatable bonds is 0. The fraction of sp³-hybridized carbons (Fsp3) is 0. The summed E-state index contributed by atoms with van der Waals surface area (Å²) >= 11 is 0.839. The summed E-state index contributed by atoms with van der Waals surface area (Å²) in [6.07, 6.45) is 1.17. The van der Waals surface area contributed by atoms with Crippen LogP contribution >= 0.6 is 11.7 Å². The fourth-order valence-electron chi connectivity index (χ4n) is 0.227. The second-order valence-electron chi connectivity index (χ2n) is 0.965. The number of nitrogens with one attached hydrogen (secondary N) is 1. The summed E-state index contributed by atoms with van der Waals surface area (Å²) in [5.74, 6) is 0. The summed E-state index contributed by atoms with van der Waals surface area (Å²) in [6, 6.07) is 0. The second-order valence-corrected chi connectivity index (χ2v) is 1.73. The Balaban J connectivity index is 3.39. The van der Waals surface area contributed by atoms with Crippen LogP contribution in [-0.2, 0) is 0 Å². The minimum Gasteiger partial charge on any atom is -0.336 e. The molecule has 1 aromatic rings. The van der Waals surface area contributed by atoms with Gasteiger partial charge in [0, 0.05) is 0 Å². The van der Waals surface area contributed by atoms with Crippen molar-refractivity contribution in [1.29, 1.82) is 0 Å². The Kier molecular flexibility index (Phi) is 0.828. The van der Waals surface area contributed by atoms with Crippen molar-refractivity contribution in [2.24, 2.45) is 0 Å². The molecule has 1 rings (SSSR count). The van der Waals surface area contributed by atoms with Gasteiger partial charge in [0.1, 0.15) is 0 Å². The van der Waals surface area contributed by atoms with Crippen molar-refractivity contribution in [2.75, 3.05) is 0 Å². The molecule has 0 saturated heterocycles. The van der Waals surface area contributed by atoms with Gasteiger partial charge >= 0.3 is 5.56 Å². The average Bonchev–Trinajstić information content (AvgIpc) is 1.91. The Bertz CT molecular complexity index is 201. The summed E-state index contributed by atoms with van der Waals surface area (Å²) < 4.78 is 2.95. The highest BCUT2D eigenvalue weighted by Crippen LogP contribution is 1.67. The highest BCUT2D eigenvalue weighted by molar-refractivity contribution is 6.94. The summed E-state index contributed by atoms with van der Waals surface area (Å²) in [5, 5.41) is 8.35. The van der Waals surface area contributed by atoms with Crippen molar-refractivity contribution in [1.82, 2.24) is 4.12 Å². The maximum absolute atomic E-state index is 10.1. The molecule has 0 spiro atoms. The van der Waals surface area contributed by atoms with Crippen LogP contribution in [0.3, 0.4) is 0 Å². The van der Waals surface area contributed by atoms with Crippen molar-refractivity contribution >= 4 is 11.7 Å². The zero-order valence-electron chi connectivity index (χ0n) is 3.29. The molecule has 0 atom stereocenters. The van der Waals surface area contributed by atoms with E-state index in [9.17, 15) is 4.79 Å². The van der Waals surface area contributed by atoms with E-state index in [1.54, 1.807) is 0 Å². The molecule has 0 aliphatic carbocycles. The van der Waals surface area contributed by atoms with Gasteiger partial charge in [-0.05, 0) is 0 Å². The highest BCUT2D eigenvalue weighted by Gasteiger charge is 1.98. The molecule has 0 aliphatic heterocycles. The quantitative estimate of drug-likeness (QED) is 0.443. The Labute approximate surface area is 42.9 Å². The Morgan fingerprint density at radius 3 is 2.86 bits per heavy atom. The van der Waals surface area contributed by atoms with Crippen LogP contribution in [0.25, 0.3) is 0 Å². The minimum absolute atomic E-state index is 0.426. The van der Waals surface area contributed by atoms with E-state index >= 15 is 0 Å². The van der Waals surface area contributed by atoms with E-state index in [0.717, 1.165) is 11.7 Å². The molecule has 0 fully saturated rings. The molecule has 0 amide bonds. The molecule has 1 heterocycles. The van der Waals surface area contributed by atoms with E-state index in [4.69, 9.17) is 5.21 Å². The predicted molar refractivity (Wildman–Crippen MR) is 22.3 cm³/mol. The minimum atomic E-state index is -0.426. The predicted octanol–water partition coefficient (Wildman–Crippen LogP) is -1.04. The molecule has 0 saturated carbocycles. The summed E-state index contributed by atoms with van der Waals surface area (Å²) in [4.78, 5) is 10.1. The van der Waals surface area contributed by atoms with E-state index in [-0.39, 0.29) is 0 Å². The Hall–Kier alpha value is -0.840. The fourth-order valence-corrected chi connectivity index (χ4v) is 0.623. The standard InChI is InChI=1S/C2H2N2O2S/c5-2-1-3-7-4(2)6/h1,6H/p+1. The van der Waals surface area contributed by atoms with E-state index in [2.05, 4.69) is 4.37 Å². The van der Waals surface area contributed by atoms with Crippen LogP contribution in [0.2, 0.25) is 0 Å². The van der Waals surface area contributed by atoms with Gasteiger partial charge in [0.25, 0.3) is 11.7 Å². The van der Waals surface area contributed by atoms with Gasteiger partial charge in [0.2, 0.25) is 0 Å². The molecule has 38 valence electrons. The van der Waals surface area contributed by atoms with Crippen LogP contribution in [0, 0.1) is 0 Å². The monoisotopic (exact) mass is 119 g/mol. The van der Waals surface area contributed by atoms with Crippen LogP contribution < -0.4 is 9.93 Å². The van der Waals surface area contributed by atoms with E-state index in [1.807, 2.05) is 0 Å². The number of aromatic nitrogens is 2. The summed E-state index contributed by atoms with van der Waals surface area (Å²) in [6.45, 7) is 0. The normalized spacial score (nSPS) is 9.14. The number of hydrogen-bond acceptors (Lipinski definition) is 3. The van der Waals surface area contributed by atoms with E-state index in [1.165, 1.54) is 6.20 Å². The molecule has 0 unspecified atom stereocenters. The number of hydrogen-bond donors (Lipinski definition) is 1. The van der Waals surface area contributed by atoms with Crippen molar-refractivity contribution < 1.29 is 9.58 Å². The van der Waals surface area contributed by atoms with Crippen LogP contribution in [-0.4, -0.2) is 9.33 Å². The first-order chi connectivity index (χ1) is 3.30. The molecular weight excluding hydrogens is 116 g/mol. The van der Waals surface area contributed by atoms with Crippen molar-refractivity contribution in [3.63, 3.8) is 0 Å². The number of nitrogens with zero attached hydrogens (tertiary/aromatic N) is 1. The smallest absolute Gasteiger partial charge is 0.336 e. The summed E-state index contributed by atoms with van der Waals surface area (Å²) in [5.41, 5.74) is -0.426. The van der Waals surface area contributed by atoms with Crippen LogP contribution in [0.5, 0.6) is 0 Å². The van der Waals surface area contributed by atoms with Gasteiger partial charge in [0.15, 0.2) is 6.20 Å². The lowest BCUT2D eigenvalue weighted by Gasteiger charge is -1.61. The third-order valence-electron chi connectivity index (χ3n) is 0.510. The first kappa shape index (κ1) is 4.32. The van der Waals surface area contributed by atoms with Gasteiger partial charge in [-0.1, -0.05) is 0 Å². The van der Waals surface area contributed by atoms with Crippen molar-refractivity contribution in [3.05, 3.63) is 16.6 Å². The largest absolute Gasteiger partial charge is 0.424 e. The molecule has 4 nitrogen and oxygen atoms in total. The molecule has 1 aromatic heterocycles. The van der Waals surface area contributed by atoms with Gasteiger partial charge in [-0.3, -0.25) is 0 Å². The second kappa shape index (κ2) is 1.34. The van der Waals surface area contributed by atoms with Crippen molar-refractivity contribution in [2.45, 2.75) is 0 Å². The van der Waals surface area contributed by atoms with Gasteiger partial charge in [0.05, 0.1) is 4.12 Å². The lowest BCUT2D eigenvalue weighted by molar-refractivity contribution is -0.291.